The maximum Gasteiger partial charge on any atom is 0.365 e. The fourth-order valence-corrected chi connectivity index (χ4v) is 3.14. The van der Waals surface area contributed by atoms with Crippen LogP contribution >= 0.6 is 34.7 Å². The Bertz CT molecular complexity index is 924. The predicted molar refractivity (Wildman–Crippen MR) is 103 cm³/mol. The highest BCUT2D eigenvalue weighted by Crippen LogP contribution is 2.20. The fourth-order valence-electron chi connectivity index (χ4n) is 2.15. The van der Waals surface area contributed by atoms with Crippen molar-refractivity contribution in [2.24, 2.45) is 10.9 Å². The van der Waals surface area contributed by atoms with Crippen molar-refractivity contribution < 1.29 is 9.63 Å². The Morgan fingerprint density at radius 1 is 1.15 bits per heavy atom. The average Bonchev–Trinajstić information content (AvgIpc) is 3.14. The topological polar surface area (TPSA) is 90.5 Å². The molecule has 132 valence electrons. The van der Waals surface area contributed by atoms with Crippen LogP contribution in [0.3, 0.4) is 0 Å². The molecule has 0 aliphatic heterocycles. The number of aromatic nitrogens is 2. The number of amidine groups is 1. The van der Waals surface area contributed by atoms with Gasteiger partial charge < -0.3 is 10.6 Å². The van der Waals surface area contributed by atoms with E-state index in [-0.39, 0.29) is 11.4 Å². The number of benzene rings is 2. The Balaban J connectivity index is 1.62. The fraction of sp³-hybridized carbons (Fsp3) is 0.0588. The maximum absolute atomic E-state index is 12.0. The lowest BCUT2D eigenvalue weighted by molar-refractivity contribution is 0.0515. The van der Waals surface area contributed by atoms with Gasteiger partial charge in [-0.3, -0.25) is 0 Å². The molecule has 0 saturated carbocycles. The lowest BCUT2D eigenvalue weighted by atomic mass is 10.1. The second kappa shape index (κ2) is 8.27. The van der Waals surface area contributed by atoms with E-state index >= 15 is 0 Å². The van der Waals surface area contributed by atoms with Gasteiger partial charge in [-0.05, 0) is 35.3 Å². The summed E-state index contributed by atoms with van der Waals surface area (Å²) in [7, 11) is 0. The molecule has 0 atom stereocenters. The minimum atomic E-state index is -0.691. The van der Waals surface area contributed by atoms with Gasteiger partial charge in [0, 0.05) is 27.4 Å². The molecule has 0 radical (unpaired) electrons. The second-order valence-electron chi connectivity index (χ2n) is 5.28. The number of carbonyl (C=O) groups excluding carboxylic acids is 1. The van der Waals surface area contributed by atoms with E-state index in [1.165, 1.54) is 29.7 Å². The standard InChI is InChI=1S/C17H12Cl2N4O2S/c18-13-6-12(7-14(19)8-13)17(24)25-22-16(20)5-10-1-3-11(4-2-10)15-9-26-23-21-15/h1-4,6-9H,5H2,(H2,20,22). The zero-order valence-electron chi connectivity index (χ0n) is 13.2. The Kier molecular flexibility index (Phi) is 5.82. The van der Waals surface area contributed by atoms with Gasteiger partial charge in [0.15, 0.2) is 0 Å². The van der Waals surface area contributed by atoms with Crippen molar-refractivity contribution in [3.63, 3.8) is 0 Å². The largest absolute Gasteiger partial charge is 0.384 e. The number of nitrogens with zero attached hydrogens (tertiary/aromatic N) is 3. The summed E-state index contributed by atoms with van der Waals surface area (Å²) in [6.45, 7) is 0. The van der Waals surface area contributed by atoms with Crippen molar-refractivity contribution in [3.8, 4) is 11.3 Å². The first kappa shape index (κ1) is 18.3. The monoisotopic (exact) mass is 406 g/mol. The van der Waals surface area contributed by atoms with Gasteiger partial charge in [0.2, 0.25) is 0 Å². The first-order valence-corrected chi connectivity index (χ1v) is 8.96. The lowest BCUT2D eigenvalue weighted by Gasteiger charge is -2.03. The third-order valence-corrected chi connectivity index (χ3v) is 4.28. The van der Waals surface area contributed by atoms with Crippen LogP contribution in [0.1, 0.15) is 15.9 Å². The molecule has 26 heavy (non-hydrogen) atoms. The molecule has 2 aromatic carbocycles. The van der Waals surface area contributed by atoms with Gasteiger partial charge in [-0.1, -0.05) is 57.1 Å². The quantitative estimate of drug-likeness (QED) is 0.297. The van der Waals surface area contributed by atoms with Crippen molar-refractivity contribution in [3.05, 3.63) is 69.0 Å². The van der Waals surface area contributed by atoms with E-state index in [1.807, 2.05) is 29.6 Å². The van der Waals surface area contributed by atoms with Crippen molar-refractivity contribution in [1.82, 2.24) is 9.59 Å². The van der Waals surface area contributed by atoms with Gasteiger partial charge in [-0.2, -0.15) is 0 Å². The number of carbonyl (C=O) groups is 1. The maximum atomic E-state index is 12.0. The molecule has 9 heteroatoms. The molecule has 1 heterocycles. The lowest BCUT2D eigenvalue weighted by Crippen LogP contribution is -2.16. The minimum Gasteiger partial charge on any atom is -0.384 e. The van der Waals surface area contributed by atoms with E-state index in [2.05, 4.69) is 14.7 Å². The molecule has 3 rings (SSSR count). The normalized spacial score (nSPS) is 11.4. The van der Waals surface area contributed by atoms with Gasteiger partial charge in [-0.25, -0.2) is 4.79 Å². The van der Waals surface area contributed by atoms with Crippen LogP contribution in [0.2, 0.25) is 10.0 Å². The molecule has 0 saturated heterocycles. The Labute approximate surface area is 163 Å². The van der Waals surface area contributed by atoms with Crippen LogP contribution in [0.15, 0.2) is 53.0 Å². The number of hydrogen-bond acceptors (Lipinski definition) is 6. The van der Waals surface area contributed by atoms with E-state index in [9.17, 15) is 4.79 Å². The van der Waals surface area contributed by atoms with Crippen molar-refractivity contribution in [1.29, 1.82) is 0 Å². The van der Waals surface area contributed by atoms with Crippen LogP contribution < -0.4 is 5.73 Å². The molecule has 1 aromatic heterocycles. The summed E-state index contributed by atoms with van der Waals surface area (Å²) in [4.78, 5) is 16.8. The molecule has 2 N–H and O–H groups in total. The Morgan fingerprint density at radius 2 is 1.85 bits per heavy atom. The first-order valence-electron chi connectivity index (χ1n) is 7.37. The van der Waals surface area contributed by atoms with Gasteiger partial charge >= 0.3 is 5.97 Å². The zero-order chi connectivity index (χ0) is 18.5. The van der Waals surface area contributed by atoms with Crippen LogP contribution in [0.25, 0.3) is 11.3 Å². The third-order valence-electron chi connectivity index (χ3n) is 3.34. The van der Waals surface area contributed by atoms with E-state index in [1.54, 1.807) is 0 Å². The summed E-state index contributed by atoms with van der Waals surface area (Å²) in [5.74, 6) is -0.529. The Hall–Kier alpha value is -2.48. The third kappa shape index (κ3) is 4.78. The number of rotatable bonds is 5. The molecule has 0 fully saturated rings. The van der Waals surface area contributed by atoms with Gasteiger partial charge in [-0.15, -0.1) is 5.10 Å². The van der Waals surface area contributed by atoms with Gasteiger partial charge in [0.05, 0.1) is 5.56 Å². The summed E-state index contributed by atoms with van der Waals surface area (Å²) in [5.41, 5.74) is 8.71. The number of nitrogens with two attached hydrogens (primary N) is 1. The molecule has 0 spiro atoms. The molecule has 0 amide bonds. The van der Waals surface area contributed by atoms with Crippen LogP contribution in [-0.2, 0) is 11.3 Å². The predicted octanol–water partition coefficient (Wildman–Crippen LogP) is 4.18. The van der Waals surface area contributed by atoms with Crippen molar-refractivity contribution in [2.75, 3.05) is 0 Å². The van der Waals surface area contributed by atoms with Crippen LogP contribution in [-0.4, -0.2) is 21.4 Å². The molecule has 6 nitrogen and oxygen atoms in total. The Morgan fingerprint density at radius 3 is 2.46 bits per heavy atom. The highest BCUT2D eigenvalue weighted by Gasteiger charge is 2.10. The molecular weight excluding hydrogens is 395 g/mol. The molecule has 0 unspecified atom stereocenters. The second-order valence-corrected chi connectivity index (χ2v) is 6.77. The van der Waals surface area contributed by atoms with Crippen LogP contribution in [0, 0.1) is 0 Å². The number of halogens is 2. The summed E-state index contributed by atoms with van der Waals surface area (Å²) >= 11 is 13.0. The summed E-state index contributed by atoms with van der Waals surface area (Å²) in [6, 6.07) is 12.0. The number of oxime groups is 1. The molecule has 3 aromatic rings. The van der Waals surface area contributed by atoms with Crippen LogP contribution in [0.5, 0.6) is 0 Å². The number of hydrogen-bond donors (Lipinski definition) is 1. The summed E-state index contributed by atoms with van der Waals surface area (Å²) in [5, 5.41) is 10.2. The molecular formula is C17H12Cl2N4O2S. The van der Waals surface area contributed by atoms with E-state index in [0.717, 1.165) is 16.8 Å². The van der Waals surface area contributed by atoms with E-state index in [0.29, 0.717) is 16.5 Å². The van der Waals surface area contributed by atoms with Gasteiger partial charge in [0.1, 0.15) is 11.5 Å². The summed E-state index contributed by atoms with van der Waals surface area (Å²) in [6.07, 6.45) is 0.333. The van der Waals surface area contributed by atoms with Crippen molar-refractivity contribution >= 4 is 46.5 Å². The molecule has 0 aliphatic rings. The SMILES string of the molecule is NC(Cc1ccc(-c2csnn2)cc1)=NOC(=O)c1cc(Cl)cc(Cl)c1. The van der Waals surface area contributed by atoms with Gasteiger partial charge in [0.25, 0.3) is 0 Å². The highest BCUT2D eigenvalue weighted by atomic mass is 35.5. The average molecular weight is 407 g/mol. The highest BCUT2D eigenvalue weighted by molar-refractivity contribution is 7.03. The minimum absolute atomic E-state index is 0.162. The smallest absolute Gasteiger partial charge is 0.365 e. The van der Waals surface area contributed by atoms with E-state index in [4.69, 9.17) is 33.8 Å². The van der Waals surface area contributed by atoms with Crippen molar-refractivity contribution in [2.45, 2.75) is 6.42 Å². The first-order chi connectivity index (χ1) is 12.5. The molecule has 0 aliphatic carbocycles. The molecule has 0 bridgehead atoms. The zero-order valence-corrected chi connectivity index (χ0v) is 15.6. The van der Waals surface area contributed by atoms with E-state index < -0.39 is 5.97 Å². The van der Waals surface area contributed by atoms with Crippen LogP contribution in [0.4, 0.5) is 0 Å². The summed E-state index contributed by atoms with van der Waals surface area (Å²) < 4.78 is 3.83.